The maximum Gasteiger partial charge on any atom is 0.299 e. The van der Waals surface area contributed by atoms with Crippen molar-refractivity contribution < 1.29 is 27.1 Å². The van der Waals surface area contributed by atoms with Crippen LogP contribution in [0.25, 0.3) is 0 Å². The molecule has 3 rings (SSSR count). The van der Waals surface area contributed by atoms with Crippen molar-refractivity contribution in [2.45, 2.75) is 17.4 Å². The highest BCUT2D eigenvalue weighted by Gasteiger charge is 2.30. The van der Waals surface area contributed by atoms with Crippen LogP contribution in [0.4, 0.5) is 21.6 Å². The molecular weight excluding hydrogens is 728 g/mol. The van der Waals surface area contributed by atoms with E-state index >= 15 is 0 Å². The second-order valence-electron chi connectivity index (χ2n) is 8.42. The molecular formula is C24H27FIN5O6S4. The van der Waals surface area contributed by atoms with E-state index in [4.69, 9.17) is 9.47 Å². The Morgan fingerprint density at radius 3 is 2.41 bits per heavy atom. The smallest absolute Gasteiger partial charge is 0.299 e. The number of carbonyl (C=O) groups excluding carboxylic acids is 1. The minimum atomic E-state index is -3.94. The van der Waals surface area contributed by atoms with Crippen molar-refractivity contribution in [1.82, 2.24) is 14.6 Å². The molecule has 3 aromatic rings. The molecule has 1 amide bonds. The van der Waals surface area contributed by atoms with Crippen molar-refractivity contribution in [2.75, 3.05) is 23.7 Å². The van der Waals surface area contributed by atoms with E-state index < -0.39 is 31.0 Å². The Kier molecular flexibility index (Phi) is 10.8. The van der Waals surface area contributed by atoms with Crippen LogP contribution in [0.1, 0.15) is 22.8 Å². The summed E-state index contributed by atoms with van der Waals surface area (Å²) in [7, 11) is -1.25. The Bertz CT molecular complexity index is 1650. The normalized spacial score (nSPS) is 11.6. The first-order valence-corrected chi connectivity index (χ1v) is 15.6. The van der Waals surface area contributed by atoms with Gasteiger partial charge in [0.25, 0.3) is 21.7 Å². The Morgan fingerprint density at radius 1 is 1.15 bits per heavy atom. The third kappa shape index (κ3) is 8.16. The number of aromatic nitrogens is 1. The number of pyridine rings is 1. The lowest BCUT2D eigenvalue weighted by Crippen LogP contribution is -2.37. The molecule has 0 bridgehead atoms. The molecule has 4 N–H and O–H groups in total. The minimum Gasteiger partial charge on any atom is -0.491 e. The van der Waals surface area contributed by atoms with E-state index in [1.54, 1.807) is 13.0 Å². The summed E-state index contributed by atoms with van der Waals surface area (Å²) in [5.41, 5.74) is -0.768. The lowest BCUT2D eigenvalue weighted by atomic mass is 10.1. The number of amides is 1. The molecule has 0 radical (unpaired) electrons. The van der Waals surface area contributed by atoms with E-state index in [9.17, 15) is 22.4 Å². The van der Waals surface area contributed by atoms with Crippen LogP contribution in [0.3, 0.4) is 0 Å². The van der Waals surface area contributed by atoms with Gasteiger partial charge in [0, 0.05) is 17.2 Å². The van der Waals surface area contributed by atoms with Gasteiger partial charge in [0.2, 0.25) is 0 Å². The maximum atomic E-state index is 14.8. The number of nitrogens with one attached hydrogen (secondary N) is 4. The highest BCUT2D eigenvalue weighted by atomic mass is 127. The fraction of sp³-hybridized carbons (Fsp3) is 0.250. The third-order valence-electron chi connectivity index (χ3n) is 5.43. The number of halogens is 2. The summed E-state index contributed by atoms with van der Waals surface area (Å²) in [6.07, 6.45) is 0. The molecule has 2 aromatic carbocycles. The standard InChI is InChI=1S/C24H27FIN5O6S4/c1-5-27-41(34,35)30-16-7-6-8-17(20(16)36-4)37-19-12(2)23(33)31(3)21(18(19)22(32)29-24(38,39)40)28-15-10-9-13(26)11-14(15)25/h6-11,27-28,30,38-40H,5H2,1-4H3,(H,29,32). The molecule has 17 heteroatoms. The fourth-order valence-electron chi connectivity index (χ4n) is 3.70. The van der Waals surface area contributed by atoms with Crippen LogP contribution in [0.15, 0.2) is 41.2 Å². The number of carbonyl (C=O) groups is 1. The van der Waals surface area contributed by atoms with Gasteiger partial charge in [0.1, 0.15) is 17.2 Å². The quantitative estimate of drug-likeness (QED) is 0.0877. The van der Waals surface area contributed by atoms with Crippen molar-refractivity contribution in [1.29, 1.82) is 0 Å². The summed E-state index contributed by atoms with van der Waals surface area (Å²) >= 11 is 14.3. The first kappa shape index (κ1) is 33.2. The Balaban J connectivity index is 2.27. The summed E-state index contributed by atoms with van der Waals surface area (Å²) in [4.78, 5) is 26.9. The van der Waals surface area contributed by atoms with Crippen LogP contribution in [-0.4, -0.2) is 36.1 Å². The highest BCUT2D eigenvalue weighted by molar-refractivity contribution is 14.1. The van der Waals surface area contributed by atoms with Crippen LogP contribution < -0.4 is 35.1 Å². The van der Waals surface area contributed by atoms with E-state index in [0.717, 1.165) is 4.57 Å². The van der Waals surface area contributed by atoms with Crippen molar-refractivity contribution in [3.05, 3.63) is 67.3 Å². The van der Waals surface area contributed by atoms with Gasteiger partial charge in [-0.05, 0) is 59.8 Å². The van der Waals surface area contributed by atoms with E-state index in [1.807, 2.05) is 22.6 Å². The molecule has 0 aliphatic carbocycles. The molecule has 0 spiro atoms. The molecule has 0 unspecified atom stereocenters. The number of rotatable bonds is 11. The zero-order chi connectivity index (χ0) is 30.7. The van der Waals surface area contributed by atoms with Crippen molar-refractivity contribution in [2.24, 2.45) is 7.05 Å². The SMILES string of the molecule is CCNS(=O)(=O)Nc1cccc(Oc2c(C(=O)NC(S)(S)S)c(Nc3ccc(I)cc3F)n(C)c(=O)c2C)c1OC. The van der Waals surface area contributed by atoms with E-state index in [-0.39, 0.29) is 52.1 Å². The summed E-state index contributed by atoms with van der Waals surface area (Å²) in [5.74, 6) is -1.86. The number of hydrogen-bond donors (Lipinski definition) is 7. The number of nitrogens with zero attached hydrogens (tertiary/aromatic N) is 1. The van der Waals surface area contributed by atoms with Gasteiger partial charge in [-0.25, -0.2) is 4.39 Å². The topological polar surface area (TPSA) is 140 Å². The summed E-state index contributed by atoms with van der Waals surface area (Å²) in [5, 5.41) is 5.28. The third-order valence-corrected chi connectivity index (χ3v) is 7.60. The van der Waals surface area contributed by atoms with E-state index in [2.05, 4.69) is 58.0 Å². The van der Waals surface area contributed by atoms with Gasteiger partial charge in [-0.3, -0.25) is 18.9 Å². The Labute approximate surface area is 266 Å². The molecule has 41 heavy (non-hydrogen) atoms. The van der Waals surface area contributed by atoms with Crippen LogP contribution in [0, 0.1) is 16.3 Å². The Morgan fingerprint density at radius 2 is 1.83 bits per heavy atom. The molecule has 11 nitrogen and oxygen atoms in total. The van der Waals surface area contributed by atoms with Crippen LogP contribution in [-0.2, 0) is 17.3 Å². The second-order valence-corrected chi connectivity index (χ2v) is 14.2. The monoisotopic (exact) mass is 755 g/mol. The largest absolute Gasteiger partial charge is 0.491 e. The number of benzene rings is 2. The van der Waals surface area contributed by atoms with Crippen LogP contribution >= 0.6 is 60.5 Å². The molecule has 1 aromatic heterocycles. The van der Waals surface area contributed by atoms with Crippen molar-refractivity contribution in [3.8, 4) is 17.2 Å². The fourth-order valence-corrected chi connectivity index (χ4v) is 5.36. The van der Waals surface area contributed by atoms with Gasteiger partial charge in [-0.1, -0.05) is 13.0 Å². The Hall–Kier alpha value is -2.32. The molecule has 0 saturated heterocycles. The average molecular weight is 756 g/mol. The first-order valence-electron chi connectivity index (χ1n) is 11.7. The number of hydrogen-bond acceptors (Lipinski definition) is 10. The number of methoxy groups -OCH3 is 1. The molecule has 0 aliphatic heterocycles. The highest BCUT2D eigenvalue weighted by Crippen LogP contribution is 2.41. The summed E-state index contributed by atoms with van der Waals surface area (Å²) < 4.78 is 55.9. The predicted molar refractivity (Wildman–Crippen MR) is 175 cm³/mol. The number of para-hydroxylation sites is 1. The predicted octanol–water partition coefficient (Wildman–Crippen LogP) is 4.38. The molecule has 222 valence electrons. The molecule has 0 aliphatic rings. The van der Waals surface area contributed by atoms with Gasteiger partial charge in [-0.2, -0.15) is 13.1 Å². The summed E-state index contributed by atoms with van der Waals surface area (Å²) in [6.45, 7) is 3.19. The van der Waals surface area contributed by atoms with Gasteiger partial charge in [0.05, 0.1) is 24.0 Å². The number of thiol groups is 3. The van der Waals surface area contributed by atoms with Gasteiger partial charge < -0.3 is 20.1 Å². The van der Waals surface area contributed by atoms with E-state index in [1.165, 1.54) is 51.4 Å². The van der Waals surface area contributed by atoms with Gasteiger partial charge in [0.15, 0.2) is 20.8 Å². The lowest BCUT2D eigenvalue weighted by molar-refractivity contribution is 0.0953. The van der Waals surface area contributed by atoms with Crippen molar-refractivity contribution in [3.63, 3.8) is 0 Å². The first-order chi connectivity index (χ1) is 19.1. The van der Waals surface area contributed by atoms with Gasteiger partial charge in [-0.15, -0.1) is 37.9 Å². The minimum absolute atomic E-state index is 0.00932. The zero-order valence-corrected chi connectivity index (χ0v) is 27.7. The van der Waals surface area contributed by atoms with Crippen LogP contribution in [0.5, 0.6) is 17.2 Å². The molecule has 1 heterocycles. The molecule has 0 saturated carbocycles. The lowest BCUT2D eigenvalue weighted by Gasteiger charge is -2.24. The number of anilines is 3. The molecule has 0 fully saturated rings. The maximum absolute atomic E-state index is 14.8. The van der Waals surface area contributed by atoms with Crippen molar-refractivity contribution >= 4 is 93.8 Å². The molecule has 0 atom stereocenters. The number of ether oxygens (including phenoxy) is 2. The summed E-state index contributed by atoms with van der Waals surface area (Å²) in [6, 6.07) is 8.74. The van der Waals surface area contributed by atoms with Gasteiger partial charge >= 0.3 is 0 Å². The van der Waals surface area contributed by atoms with E-state index in [0.29, 0.717) is 3.57 Å². The average Bonchev–Trinajstić information content (AvgIpc) is 2.85. The zero-order valence-electron chi connectivity index (χ0n) is 22.1. The van der Waals surface area contributed by atoms with Crippen LogP contribution in [0.2, 0.25) is 0 Å². The second kappa shape index (κ2) is 13.3.